The van der Waals surface area contributed by atoms with Crippen LogP contribution in [0, 0.1) is 0 Å². The summed E-state index contributed by atoms with van der Waals surface area (Å²) in [4.78, 5) is 6.81. The summed E-state index contributed by atoms with van der Waals surface area (Å²) < 4.78 is 6.64. The molecule has 0 saturated heterocycles. The first-order chi connectivity index (χ1) is 9.36. The van der Waals surface area contributed by atoms with E-state index in [-0.39, 0.29) is 17.0 Å². The second-order valence-electron chi connectivity index (χ2n) is 4.45. The highest BCUT2D eigenvalue weighted by Gasteiger charge is 2.28. The topological polar surface area (TPSA) is 24.8 Å². The minimum Gasteiger partial charge on any atom is -0.497 e. The van der Waals surface area contributed by atoms with E-state index < -0.39 is 0 Å². The highest BCUT2D eigenvalue weighted by atomic mass is 79.9. The number of aliphatic imine (C=N–C) groups is 1. The van der Waals surface area contributed by atoms with Crippen molar-refractivity contribution in [2.45, 2.75) is 0 Å². The van der Waals surface area contributed by atoms with Gasteiger partial charge in [0.1, 0.15) is 5.75 Å². The fraction of sp³-hybridized carbons (Fsp3) is 0.214. The molecule has 4 rings (SSSR count). The van der Waals surface area contributed by atoms with Crippen LogP contribution in [0.3, 0.4) is 0 Å². The van der Waals surface area contributed by atoms with Gasteiger partial charge in [0, 0.05) is 33.0 Å². The number of methoxy groups -OCH3 is 1. The summed E-state index contributed by atoms with van der Waals surface area (Å²) in [7, 11) is 1.71. The molecule has 0 radical (unpaired) electrons. The molecular weight excluding hydrogens is 356 g/mol. The van der Waals surface area contributed by atoms with Crippen LogP contribution in [0.25, 0.3) is 15.8 Å². The number of fused-ring (bicyclic) bond motifs is 2. The first kappa shape index (κ1) is 14.0. The van der Waals surface area contributed by atoms with Crippen molar-refractivity contribution in [2.75, 3.05) is 20.2 Å². The molecule has 2 aliphatic rings. The lowest BCUT2D eigenvalue weighted by molar-refractivity contribution is 0.415. The molecule has 0 atom stereocenters. The summed E-state index contributed by atoms with van der Waals surface area (Å²) in [5.41, 5.74) is 2.57. The average molecular weight is 369 g/mol. The van der Waals surface area contributed by atoms with E-state index in [4.69, 9.17) is 4.74 Å². The molecule has 0 spiro atoms. The maximum absolute atomic E-state index is 5.34. The molecule has 104 valence electrons. The number of benzene rings is 1. The van der Waals surface area contributed by atoms with Crippen LogP contribution in [-0.4, -0.2) is 30.3 Å². The summed E-state index contributed by atoms with van der Waals surface area (Å²) in [6, 6.07) is 6.27. The fourth-order valence-corrected chi connectivity index (χ4v) is 4.35. The van der Waals surface area contributed by atoms with Crippen molar-refractivity contribution < 1.29 is 4.74 Å². The lowest BCUT2D eigenvalue weighted by atomic mass is 10.1. The van der Waals surface area contributed by atoms with E-state index in [0.717, 1.165) is 24.0 Å². The van der Waals surface area contributed by atoms with Crippen LogP contribution in [0.5, 0.6) is 5.75 Å². The molecule has 2 aliphatic heterocycles. The summed E-state index contributed by atoms with van der Waals surface area (Å²) in [6.07, 6.45) is 0. The van der Waals surface area contributed by atoms with Crippen molar-refractivity contribution in [1.29, 1.82) is 0 Å². The molecule has 3 nitrogen and oxygen atoms in total. The highest BCUT2D eigenvalue weighted by molar-refractivity contribution is 8.93. The van der Waals surface area contributed by atoms with Crippen LogP contribution in [0.1, 0.15) is 5.56 Å². The number of thioether (sulfide) groups is 1. The van der Waals surface area contributed by atoms with Gasteiger partial charge in [-0.25, -0.2) is 0 Å². The molecule has 0 bridgehead atoms. The van der Waals surface area contributed by atoms with Crippen LogP contribution >= 0.6 is 40.1 Å². The number of thiophene rings is 1. The van der Waals surface area contributed by atoms with Crippen molar-refractivity contribution in [1.82, 2.24) is 4.90 Å². The Morgan fingerprint density at radius 1 is 1.35 bits per heavy atom. The number of rotatable bonds is 2. The van der Waals surface area contributed by atoms with Gasteiger partial charge in [0.2, 0.25) is 0 Å². The van der Waals surface area contributed by atoms with Gasteiger partial charge in [0.15, 0.2) is 5.17 Å². The summed E-state index contributed by atoms with van der Waals surface area (Å²) in [5.74, 6) is 0.911. The first-order valence-corrected chi connectivity index (χ1v) is 7.87. The minimum atomic E-state index is 0. The smallest absolute Gasteiger partial charge is 0.168 e. The van der Waals surface area contributed by atoms with Crippen LogP contribution in [0.4, 0.5) is 0 Å². The van der Waals surface area contributed by atoms with E-state index in [2.05, 4.69) is 32.8 Å². The number of ether oxygens (including phenoxy) is 1. The lowest BCUT2D eigenvalue weighted by Gasteiger charge is -2.16. The first-order valence-electron chi connectivity index (χ1n) is 6.11. The van der Waals surface area contributed by atoms with Crippen molar-refractivity contribution in [3.8, 4) is 5.75 Å². The van der Waals surface area contributed by atoms with Crippen LogP contribution in [0.15, 0.2) is 34.0 Å². The molecule has 0 N–H and O–H groups in total. The Bertz CT molecular complexity index is 723. The SMILES string of the molecule is Br.COc1ccc2scc(C3=CSC4=NCCN34)c2c1. The molecule has 1 aromatic carbocycles. The maximum atomic E-state index is 5.34. The number of hydrogen-bond donors (Lipinski definition) is 0. The largest absolute Gasteiger partial charge is 0.497 e. The van der Waals surface area contributed by atoms with Gasteiger partial charge in [0.25, 0.3) is 0 Å². The summed E-state index contributed by atoms with van der Waals surface area (Å²) in [5, 5.41) is 6.85. The zero-order valence-corrected chi connectivity index (χ0v) is 14.2. The monoisotopic (exact) mass is 368 g/mol. The van der Waals surface area contributed by atoms with E-state index in [1.165, 1.54) is 21.3 Å². The van der Waals surface area contributed by atoms with Gasteiger partial charge >= 0.3 is 0 Å². The zero-order chi connectivity index (χ0) is 12.8. The number of hydrogen-bond acceptors (Lipinski definition) is 5. The lowest BCUT2D eigenvalue weighted by Crippen LogP contribution is -2.19. The molecule has 2 aromatic rings. The Kier molecular flexibility index (Phi) is 3.79. The number of halogens is 1. The molecular formula is C14H13BrN2OS2. The molecule has 0 saturated carbocycles. The predicted octanol–water partition coefficient (Wildman–Crippen LogP) is 4.20. The molecule has 0 unspecified atom stereocenters. The third-order valence-corrected chi connectivity index (χ3v) is 5.29. The van der Waals surface area contributed by atoms with Gasteiger partial charge in [-0.1, -0.05) is 11.8 Å². The number of nitrogens with zero attached hydrogens (tertiary/aromatic N) is 2. The van der Waals surface area contributed by atoms with Crippen LogP contribution in [-0.2, 0) is 0 Å². The Morgan fingerprint density at radius 2 is 2.25 bits per heavy atom. The molecule has 3 heterocycles. The third kappa shape index (κ3) is 2.06. The highest BCUT2D eigenvalue weighted by Crippen LogP contribution is 2.40. The van der Waals surface area contributed by atoms with Crippen molar-refractivity contribution in [2.24, 2.45) is 4.99 Å². The van der Waals surface area contributed by atoms with Gasteiger partial charge in [0.05, 0.1) is 19.4 Å². The summed E-state index contributed by atoms with van der Waals surface area (Å²) in [6.45, 7) is 1.90. The second kappa shape index (κ2) is 5.42. The van der Waals surface area contributed by atoms with E-state index >= 15 is 0 Å². The van der Waals surface area contributed by atoms with E-state index in [1.807, 2.05) is 6.07 Å². The second-order valence-corrected chi connectivity index (χ2v) is 6.20. The van der Waals surface area contributed by atoms with Gasteiger partial charge in [-0.15, -0.1) is 28.3 Å². The summed E-state index contributed by atoms with van der Waals surface area (Å²) >= 11 is 3.51. The molecule has 6 heteroatoms. The van der Waals surface area contributed by atoms with Gasteiger partial charge < -0.3 is 9.64 Å². The maximum Gasteiger partial charge on any atom is 0.168 e. The van der Waals surface area contributed by atoms with E-state index in [9.17, 15) is 0 Å². The quantitative estimate of drug-likeness (QED) is 0.793. The Labute approximate surface area is 136 Å². The third-order valence-electron chi connectivity index (χ3n) is 3.42. The van der Waals surface area contributed by atoms with Crippen molar-refractivity contribution in [3.63, 3.8) is 0 Å². The molecule has 0 amide bonds. The normalized spacial score (nSPS) is 16.8. The fourth-order valence-electron chi connectivity index (χ4n) is 2.47. The molecule has 20 heavy (non-hydrogen) atoms. The minimum absolute atomic E-state index is 0. The standard InChI is InChI=1S/C14H12N2OS2.BrH/c1-17-9-2-3-13-10(6-9)11(7-18-13)12-8-19-14-15-4-5-16(12)14;/h2-3,6-8H,4-5H2,1H3;1H. The number of amidine groups is 1. The van der Waals surface area contributed by atoms with E-state index in [0.29, 0.717) is 0 Å². The Balaban J connectivity index is 0.00000121. The molecule has 1 aromatic heterocycles. The Hall–Kier alpha value is -0.980. The van der Waals surface area contributed by atoms with Crippen LogP contribution in [0.2, 0.25) is 0 Å². The Morgan fingerprint density at radius 3 is 3.10 bits per heavy atom. The van der Waals surface area contributed by atoms with Gasteiger partial charge in [-0.05, 0) is 18.2 Å². The van der Waals surface area contributed by atoms with Crippen molar-refractivity contribution in [3.05, 3.63) is 34.6 Å². The van der Waals surface area contributed by atoms with Crippen LogP contribution < -0.4 is 4.74 Å². The van der Waals surface area contributed by atoms with Crippen molar-refractivity contribution >= 4 is 61.0 Å². The molecule has 0 fully saturated rings. The zero-order valence-electron chi connectivity index (χ0n) is 10.8. The molecule has 0 aliphatic carbocycles. The van der Waals surface area contributed by atoms with E-state index in [1.54, 1.807) is 30.2 Å². The predicted molar refractivity (Wildman–Crippen MR) is 93.3 cm³/mol. The van der Waals surface area contributed by atoms with Gasteiger partial charge in [-0.2, -0.15) is 0 Å². The van der Waals surface area contributed by atoms with Gasteiger partial charge in [-0.3, -0.25) is 4.99 Å². The average Bonchev–Trinajstić information content (AvgIpc) is 3.12.